The number of carbonyl (C=O) groups is 1. The smallest absolute Gasteiger partial charge is 0.320 e. The van der Waals surface area contributed by atoms with E-state index in [0.717, 1.165) is 6.42 Å². The van der Waals surface area contributed by atoms with E-state index in [0.29, 0.717) is 0 Å². The van der Waals surface area contributed by atoms with Gasteiger partial charge in [0.1, 0.15) is 6.04 Å². The maximum atomic E-state index is 10.2. The van der Waals surface area contributed by atoms with E-state index in [1.807, 2.05) is 13.8 Å². The van der Waals surface area contributed by atoms with Gasteiger partial charge in [0.2, 0.25) is 0 Å². The zero-order valence-electron chi connectivity index (χ0n) is 7.10. The normalized spacial score (nSPS) is 13.6. The van der Waals surface area contributed by atoms with Crippen molar-refractivity contribution in [3.63, 3.8) is 0 Å². The third-order valence-electron chi connectivity index (χ3n) is 1.54. The summed E-state index contributed by atoms with van der Waals surface area (Å²) in [6.45, 7) is 3.76. The van der Waals surface area contributed by atoms with Crippen molar-refractivity contribution in [1.29, 1.82) is 0 Å². The molecule has 0 spiro atoms. The van der Waals surface area contributed by atoms with Crippen LogP contribution in [0.1, 0.15) is 20.3 Å². The lowest BCUT2D eigenvalue weighted by atomic mass is 10.0. The molecule has 6 heteroatoms. The number of hydrogen-bond acceptors (Lipinski definition) is 4. The Kier molecular flexibility index (Phi) is 8.87. The van der Waals surface area contributed by atoms with Crippen LogP contribution < -0.4 is 5.73 Å². The van der Waals surface area contributed by atoms with Crippen molar-refractivity contribution in [2.75, 3.05) is 0 Å². The largest absolute Gasteiger partial charge is 0.480 e. The third kappa shape index (κ3) is 6.94. The summed E-state index contributed by atoms with van der Waals surface area (Å²) in [6, 6.07) is -0.699. The topological polar surface area (TPSA) is 113 Å². The second-order valence-corrected chi connectivity index (χ2v) is 2.33. The van der Waals surface area contributed by atoms with Crippen LogP contribution in [0.15, 0.2) is 5.34 Å². The van der Waals surface area contributed by atoms with Gasteiger partial charge in [-0.2, -0.15) is 0 Å². The SMILES string of the molecule is CCC(C)C(N)C(=O)O.O=NO. The standard InChI is InChI=1S/C6H13NO2.HNO2/c1-3-4(2)5(7)6(8)9;2-1-3/h4-5H,3,7H2,1-2H3,(H,8,9);(H,2,3). The van der Waals surface area contributed by atoms with Gasteiger partial charge in [0.25, 0.3) is 0 Å². The van der Waals surface area contributed by atoms with Crippen LogP contribution in [0.25, 0.3) is 0 Å². The van der Waals surface area contributed by atoms with Crippen LogP contribution in [0, 0.1) is 10.8 Å². The number of rotatable bonds is 3. The molecule has 0 rings (SSSR count). The fourth-order valence-electron chi connectivity index (χ4n) is 0.497. The molecule has 0 bridgehead atoms. The zero-order valence-corrected chi connectivity index (χ0v) is 7.10. The average molecular weight is 178 g/mol. The lowest BCUT2D eigenvalue weighted by molar-refractivity contribution is -0.139. The maximum absolute atomic E-state index is 10.2. The maximum Gasteiger partial charge on any atom is 0.320 e. The van der Waals surface area contributed by atoms with E-state index in [-0.39, 0.29) is 5.92 Å². The van der Waals surface area contributed by atoms with Crippen LogP contribution in [0.3, 0.4) is 0 Å². The molecule has 72 valence electrons. The van der Waals surface area contributed by atoms with Gasteiger partial charge < -0.3 is 16.0 Å². The Hall–Kier alpha value is -1.17. The first kappa shape index (κ1) is 13.4. The first-order chi connectivity index (χ1) is 5.51. The Morgan fingerprint density at radius 1 is 1.67 bits per heavy atom. The predicted molar refractivity (Wildman–Crippen MR) is 42.6 cm³/mol. The molecule has 12 heavy (non-hydrogen) atoms. The molecule has 0 saturated heterocycles. The van der Waals surface area contributed by atoms with Crippen LogP contribution in [0.5, 0.6) is 0 Å². The minimum absolute atomic E-state index is 0.0718. The second kappa shape index (κ2) is 7.93. The van der Waals surface area contributed by atoms with Crippen molar-refractivity contribution < 1.29 is 15.1 Å². The molecule has 0 radical (unpaired) electrons. The van der Waals surface area contributed by atoms with Gasteiger partial charge in [-0.25, -0.2) is 0 Å². The zero-order chi connectivity index (χ0) is 10.1. The molecule has 0 aromatic carbocycles. The Balaban J connectivity index is 0. The molecule has 6 nitrogen and oxygen atoms in total. The van der Waals surface area contributed by atoms with Crippen molar-refractivity contribution in [2.24, 2.45) is 17.0 Å². The van der Waals surface area contributed by atoms with E-state index in [1.54, 1.807) is 0 Å². The van der Waals surface area contributed by atoms with Crippen LogP contribution in [-0.4, -0.2) is 22.3 Å². The summed E-state index contributed by atoms with van der Waals surface area (Å²) in [4.78, 5) is 18.3. The first-order valence-electron chi connectivity index (χ1n) is 3.46. The van der Waals surface area contributed by atoms with E-state index in [4.69, 9.17) is 21.0 Å². The summed E-state index contributed by atoms with van der Waals surface area (Å²) in [5.74, 6) is -0.841. The fourth-order valence-corrected chi connectivity index (χ4v) is 0.497. The number of carboxylic acid groups (broad SMARTS) is 1. The van der Waals surface area contributed by atoms with Crippen LogP contribution in [0.4, 0.5) is 0 Å². The van der Waals surface area contributed by atoms with Gasteiger partial charge in [-0.15, -0.1) is 4.91 Å². The molecule has 0 aliphatic carbocycles. The van der Waals surface area contributed by atoms with E-state index >= 15 is 0 Å². The Bertz CT molecular complexity index is 140. The highest BCUT2D eigenvalue weighted by Crippen LogP contribution is 2.04. The highest BCUT2D eigenvalue weighted by atomic mass is 16.6. The van der Waals surface area contributed by atoms with Crippen molar-refractivity contribution in [1.82, 2.24) is 0 Å². The third-order valence-corrected chi connectivity index (χ3v) is 1.54. The van der Waals surface area contributed by atoms with Crippen LogP contribution in [-0.2, 0) is 4.79 Å². The number of nitrogens with zero attached hydrogens (tertiary/aromatic N) is 1. The van der Waals surface area contributed by atoms with Crippen molar-refractivity contribution in [3.05, 3.63) is 4.91 Å². The summed E-state index contributed by atoms with van der Waals surface area (Å²) in [7, 11) is 0. The van der Waals surface area contributed by atoms with Gasteiger partial charge in [-0.3, -0.25) is 4.79 Å². The summed E-state index contributed by atoms with van der Waals surface area (Å²) < 4.78 is 0. The van der Waals surface area contributed by atoms with Gasteiger partial charge in [0.05, 0.1) is 0 Å². The molecule has 0 amide bonds. The van der Waals surface area contributed by atoms with Crippen LogP contribution >= 0.6 is 0 Å². The van der Waals surface area contributed by atoms with Gasteiger partial charge in [0.15, 0.2) is 5.34 Å². The van der Waals surface area contributed by atoms with E-state index in [9.17, 15) is 4.79 Å². The lowest BCUT2D eigenvalue weighted by Gasteiger charge is -2.11. The van der Waals surface area contributed by atoms with Crippen molar-refractivity contribution in [2.45, 2.75) is 26.3 Å². The summed E-state index contributed by atoms with van der Waals surface area (Å²) in [6.07, 6.45) is 0.813. The number of hydrogen-bond donors (Lipinski definition) is 3. The van der Waals surface area contributed by atoms with E-state index < -0.39 is 12.0 Å². The molecule has 0 aromatic heterocycles. The molecule has 0 aliphatic heterocycles. The Morgan fingerprint density at radius 2 is 2.00 bits per heavy atom. The molecule has 0 heterocycles. The van der Waals surface area contributed by atoms with E-state index in [1.165, 1.54) is 5.34 Å². The van der Waals surface area contributed by atoms with Gasteiger partial charge in [-0.05, 0) is 5.92 Å². The van der Waals surface area contributed by atoms with Crippen molar-refractivity contribution >= 4 is 5.97 Å². The van der Waals surface area contributed by atoms with E-state index in [2.05, 4.69) is 0 Å². The molecule has 0 fully saturated rings. The molecule has 4 N–H and O–H groups in total. The Morgan fingerprint density at radius 3 is 2.08 bits per heavy atom. The first-order valence-corrected chi connectivity index (χ1v) is 3.46. The van der Waals surface area contributed by atoms with Gasteiger partial charge >= 0.3 is 5.97 Å². The minimum atomic E-state index is -0.913. The van der Waals surface area contributed by atoms with Gasteiger partial charge in [0, 0.05) is 0 Å². The molecule has 2 unspecified atom stereocenters. The number of nitrogens with two attached hydrogens (primary N) is 1. The molecular weight excluding hydrogens is 164 g/mol. The number of aliphatic carboxylic acids is 1. The van der Waals surface area contributed by atoms with Crippen LogP contribution in [0.2, 0.25) is 0 Å². The highest BCUT2D eigenvalue weighted by Gasteiger charge is 2.17. The minimum Gasteiger partial charge on any atom is -0.480 e. The predicted octanol–water partition coefficient (Wildman–Crippen LogP) is 0.586. The number of carboxylic acids is 1. The Labute approximate surface area is 70.3 Å². The second-order valence-electron chi connectivity index (χ2n) is 2.33. The molecule has 0 aliphatic rings. The highest BCUT2D eigenvalue weighted by molar-refractivity contribution is 5.73. The summed E-state index contributed by atoms with van der Waals surface area (Å²) >= 11 is 0. The average Bonchev–Trinajstić information content (AvgIpc) is 2.03. The summed E-state index contributed by atoms with van der Waals surface area (Å²) in [5, 5.41) is 16.2. The summed E-state index contributed by atoms with van der Waals surface area (Å²) in [5.41, 5.74) is 5.27. The lowest BCUT2D eigenvalue weighted by Crippen LogP contribution is -2.36. The monoisotopic (exact) mass is 178 g/mol. The quantitative estimate of drug-likeness (QED) is 0.432. The molecular formula is C6H14N2O4. The van der Waals surface area contributed by atoms with Crippen molar-refractivity contribution in [3.8, 4) is 0 Å². The van der Waals surface area contributed by atoms with Gasteiger partial charge in [-0.1, -0.05) is 20.3 Å². The molecule has 2 atom stereocenters. The molecule has 0 saturated carbocycles. The fraction of sp³-hybridized carbons (Fsp3) is 0.833. The molecule has 0 aromatic rings.